The van der Waals surface area contributed by atoms with Gasteiger partial charge in [0.05, 0.1) is 6.61 Å². The standard InChI is InChI=1S/C19H29NO4/c1-15(20-18(22)24-19(2,3)4)13-17(21)11-8-12-23-14-16-9-6-5-7-10-16/h5-7,9-10,15H,8,11-14H2,1-4H3,(H,20,22)/t15-/m1/s1. The summed E-state index contributed by atoms with van der Waals surface area (Å²) in [6.07, 6.45) is 0.951. The highest BCUT2D eigenvalue weighted by Gasteiger charge is 2.18. The van der Waals surface area contributed by atoms with E-state index in [1.165, 1.54) is 0 Å². The van der Waals surface area contributed by atoms with E-state index in [4.69, 9.17) is 9.47 Å². The van der Waals surface area contributed by atoms with Gasteiger partial charge < -0.3 is 14.8 Å². The Morgan fingerprint density at radius 2 is 1.83 bits per heavy atom. The Bertz CT molecular complexity index is 508. The van der Waals surface area contributed by atoms with Crippen molar-refractivity contribution in [3.8, 4) is 0 Å². The van der Waals surface area contributed by atoms with E-state index in [0.717, 1.165) is 5.56 Å². The van der Waals surface area contributed by atoms with E-state index in [2.05, 4.69) is 5.32 Å². The Labute approximate surface area is 144 Å². The maximum atomic E-state index is 11.9. The van der Waals surface area contributed by atoms with Gasteiger partial charge in [-0.25, -0.2) is 4.79 Å². The smallest absolute Gasteiger partial charge is 0.407 e. The van der Waals surface area contributed by atoms with Crippen molar-refractivity contribution in [1.82, 2.24) is 5.32 Å². The first-order valence-corrected chi connectivity index (χ1v) is 8.39. The molecule has 0 spiro atoms. The number of nitrogens with one attached hydrogen (secondary N) is 1. The zero-order valence-corrected chi connectivity index (χ0v) is 15.1. The second-order valence-corrected chi connectivity index (χ2v) is 6.93. The first kappa shape index (κ1) is 20.2. The fourth-order valence-electron chi connectivity index (χ4n) is 2.14. The molecule has 0 bridgehead atoms. The van der Waals surface area contributed by atoms with Crippen molar-refractivity contribution in [3.63, 3.8) is 0 Å². The Morgan fingerprint density at radius 3 is 2.46 bits per heavy atom. The normalized spacial score (nSPS) is 12.5. The summed E-state index contributed by atoms with van der Waals surface area (Å²) < 4.78 is 10.7. The second kappa shape index (κ2) is 10.1. The van der Waals surface area contributed by atoms with Gasteiger partial charge in [0.2, 0.25) is 0 Å². The maximum absolute atomic E-state index is 11.9. The van der Waals surface area contributed by atoms with Crippen LogP contribution < -0.4 is 5.32 Å². The summed E-state index contributed by atoms with van der Waals surface area (Å²) in [6, 6.07) is 9.69. The number of alkyl carbamates (subject to hydrolysis) is 1. The van der Waals surface area contributed by atoms with Crippen LogP contribution in [0, 0.1) is 0 Å². The maximum Gasteiger partial charge on any atom is 0.407 e. The Balaban J connectivity index is 2.11. The highest BCUT2D eigenvalue weighted by molar-refractivity contribution is 5.79. The lowest BCUT2D eigenvalue weighted by Gasteiger charge is -2.21. The molecule has 0 aliphatic heterocycles. The minimum atomic E-state index is -0.538. The topological polar surface area (TPSA) is 64.6 Å². The van der Waals surface area contributed by atoms with E-state index in [-0.39, 0.29) is 11.8 Å². The number of ether oxygens (including phenoxy) is 2. The molecule has 0 aliphatic rings. The van der Waals surface area contributed by atoms with Gasteiger partial charge in [-0.05, 0) is 39.7 Å². The summed E-state index contributed by atoms with van der Waals surface area (Å²) in [5.41, 5.74) is 0.586. The van der Waals surface area contributed by atoms with E-state index >= 15 is 0 Å². The SMILES string of the molecule is C[C@H](CC(=O)CCCOCc1ccccc1)NC(=O)OC(C)(C)C. The lowest BCUT2D eigenvalue weighted by atomic mass is 10.1. The third-order valence-electron chi connectivity index (χ3n) is 3.15. The van der Waals surface area contributed by atoms with Crippen LogP contribution in [0.4, 0.5) is 4.79 Å². The molecule has 1 atom stereocenters. The minimum absolute atomic E-state index is 0.113. The molecule has 0 saturated heterocycles. The predicted molar refractivity (Wildman–Crippen MR) is 93.8 cm³/mol. The van der Waals surface area contributed by atoms with Crippen molar-refractivity contribution in [1.29, 1.82) is 0 Å². The molecule has 5 nitrogen and oxygen atoms in total. The van der Waals surface area contributed by atoms with Crippen molar-refractivity contribution in [2.24, 2.45) is 0 Å². The Morgan fingerprint density at radius 1 is 1.17 bits per heavy atom. The molecule has 5 heteroatoms. The van der Waals surface area contributed by atoms with Crippen molar-refractivity contribution in [2.45, 2.75) is 65.2 Å². The number of rotatable bonds is 9. The van der Waals surface area contributed by atoms with Crippen LogP contribution in [0.25, 0.3) is 0 Å². The van der Waals surface area contributed by atoms with E-state index in [0.29, 0.717) is 32.5 Å². The van der Waals surface area contributed by atoms with Crippen molar-refractivity contribution in [2.75, 3.05) is 6.61 Å². The summed E-state index contributed by atoms with van der Waals surface area (Å²) in [6.45, 7) is 8.32. The molecule has 0 heterocycles. The molecule has 134 valence electrons. The zero-order valence-electron chi connectivity index (χ0n) is 15.1. The molecular weight excluding hydrogens is 306 g/mol. The van der Waals surface area contributed by atoms with Gasteiger partial charge in [-0.1, -0.05) is 30.3 Å². The molecule has 1 rings (SSSR count). The summed E-state index contributed by atoms with van der Waals surface area (Å²) in [4.78, 5) is 23.5. The number of amides is 1. The van der Waals surface area contributed by atoms with Crippen LogP contribution >= 0.6 is 0 Å². The van der Waals surface area contributed by atoms with Gasteiger partial charge in [-0.2, -0.15) is 0 Å². The fraction of sp³-hybridized carbons (Fsp3) is 0.579. The highest BCUT2D eigenvalue weighted by Crippen LogP contribution is 2.08. The summed E-state index contributed by atoms with van der Waals surface area (Å²) >= 11 is 0. The molecule has 0 radical (unpaired) electrons. The van der Waals surface area contributed by atoms with Crippen LogP contribution in [-0.4, -0.2) is 30.1 Å². The Hall–Kier alpha value is -1.88. The lowest BCUT2D eigenvalue weighted by Crippen LogP contribution is -2.38. The van der Waals surface area contributed by atoms with Crippen LogP contribution in [0.15, 0.2) is 30.3 Å². The molecule has 24 heavy (non-hydrogen) atoms. The number of carbonyl (C=O) groups is 2. The summed E-state index contributed by atoms with van der Waals surface area (Å²) in [7, 11) is 0. The van der Waals surface area contributed by atoms with Crippen LogP contribution in [0.2, 0.25) is 0 Å². The summed E-state index contributed by atoms with van der Waals surface area (Å²) in [5, 5.41) is 2.68. The van der Waals surface area contributed by atoms with Gasteiger partial charge in [0, 0.05) is 25.5 Å². The van der Waals surface area contributed by atoms with E-state index in [1.807, 2.05) is 30.3 Å². The predicted octanol–water partition coefficient (Wildman–Crippen LogP) is 3.86. The largest absolute Gasteiger partial charge is 0.444 e. The van der Waals surface area contributed by atoms with Crippen molar-refractivity contribution < 1.29 is 19.1 Å². The lowest BCUT2D eigenvalue weighted by molar-refractivity contribution is -0.119. The van der Waals surface area contributed by atoms with Crippen LogP contribution in [0.5, 0.6) is 0 Å². The molecule has 0 fully saturated rings. The van der Waals surface area contributed by atoms with Crippen molar-refractivity contribution in [3.05, 3.63) is 35.9 Å². The van der Waals surface area contributed by atoms with Gasteiger partial charge >= 0.3 is 6.09 Å². The molecule has 1 aromatic rings. The van der Waals surface area contributed by atoms with Crippen LogP contribution in [0.3, 0.4) is 0 Å². The molecule has 0 saturated carbocycles. The fourth-order valence-corrected chi connectivity index (χ4v) is 2.14. The number of carbonyl (C=O) groups excluding carboxylic acids is 2. The van der Waals surface area contributed by atoms with Gasteiger partial charge in [0.25, 0.3) is 0 Å². The number of ketones is 1. The van der Waals surface area contributed by atoms with Crippen molar-refractivity contribution >= 4 is 11.9 Å². The highest BCUT2D eigenvalue weighted by atomic mass is 16.6. The first-order chi connectivity index (χ1) is 11.3. The molecule has 0 aliphatic carbocycles. The molecular formula is C19H29NO4. The van der Waals surface area contributed by atoms with E-state index in [1.54, 1.807) is 27.7 Å². The van der Waals surface area contributed by atoms with Gasteiger partial charge in [-0.3, -0.25) is 4.79 Å². The first-order valence-electron chi connectivity index (χ1n) is 8.39. The van der Waals surface area contributed by atoms with E-state index < -0.39 is 11.7 Å². The van der Waals surface area contributed by atoms with Gasteiger partial charge in [0.15, 0.2) is 0 Å². The summed E-state index contributed by atoms with van der Waals surface area (Å²) in [5.74, 6) is 0.113. The number of hydrogen-bond acceptors (Lipinski definition) is 4. The van der Waals surface area contributed by atoms with E-state index in [9.17, 15) is 9.59 Å². The van der Waals surface area contributed by atoms with Crippen LogP contribution in [-0.2, 0) is 20.9 Å². The average molecular weight is 335 g/mol. The quantitative estimate of drug-likeness (QED) is 0.696. The second-order valence-electron chi connectivity index (χ2n) is 6.93. The van der Waals surface area contributed by atoms with Crippen LogP contribution in [0.1, 0.15) is 52.5 Å². The molecule has 1 amide bonds. The Kier molecular flexibility index (Phi) is 8.47. The molecule has 0 aromatic heterocycles. The third-order valence-corrected chi connectivity index (χ3v) is 3.15. The monoisotopic (exact) mass is 335 g/mol. The number of Topliss-reactive ketones (excluding diaryl/α,β-unsaturated/α-hetero) is 1. The third kappa shape index (κ3) is 10.0. The minimum Gasteiger partial charge on any atom is -0.444 e. The number of hydrogen-bond donors (Lipinski definition) is 1. The molecule has 0 unspecified atom stereocenters. The van der Waals surface area contributed by atoms with Gasteiger partial charge in [-0.15, -0.1) is 0 Å². The van der Waals surface area contributed by atoms with Gasteiger partial charge in [0.1, 0.15) is 11.4 Å². The number of benzene rings is 1. The molecule has 1 aromatic carbocycles. The molecule has 1 N–H and O–H groups in total. The average Bonchev–Trinajstić information content (AvgIpc) is 2.45. The zero-order chi connectivity index (χ0) is 18.0.